The molecule has 1 fully saturated rings. The number of ether oxygens (including phenoxy) is 4. The van der Waals surface area contributed by atoms with Gasteiger partial charge in [-0.2, -0.15) is 0 Å². The molecule has 13 heavy (non-hydrogen) atoms. The second-order valence-electron chi connectivity index (χ2n) is 2.57. The lowest BCUT2D eigenvalue weighted by atomic mass is 10.5. The first-order valence-electron chi connectivity index (χ1n) is 4.54. The first-order chi connectivity index (χ1) is 6.33. The lowest BCUT2D eigenvalue weighted by Crippen LogP contribution is -2.44. The average molecular weight is 188 g/mol. The summed E-state index contributed by atoms with van der Waals surface area (Å²) in [5.74, 6) is 0. The molecule has 1 rings (SSSR count). The van der Waals surface area contributed by atoms with Crippen LogP contribution >= 0.6 is 0 Å². The van der Waals surface area contributed by atoms with Crippen molar-refractivity contribution < 1.29 is 18.9 Å². The Balaban J connectivity index is 2.50. The van der Waals surface area contributed by atoms with E-state index in [-0.39, 0.29) is 0 Å². The summed E-state index contributed by atoms with van der Waals surface area (Å²) < 4.78 is 21.0. The summed E-state index contributed by atoms with van der Waals surface area (Å²) in [5, 5.41) is 0. The second-order valence-corrected chi connectivity index (χ2v) is 2.57. The zero-order chi connectivity index (χ0) is 9.57. The summed E-state index contributed by atoms with van der Waals surface area (Å²) in [7, 11) is 0. The van der Waals surface area contributed by atoms with Gasteiger partial charge < -0.3 is 4.74 Å². The van der Waals surface area contributed by atoms with Crippen molar-refractivity contribution in [3.63, 3.8) is 0 Å². The molecule has 0 N–H and O–H groups in total. The quantitative estimate of drug-likeness (QED) is 0.496. The highest BCUT2D eigenvalue weighted by molar-refractivity contribution is 4.67. The summed E-state index contributed by atoms with van der Waals surface area (Å²) in [6, 6.07) is 0. The Morgan fingerprint density at radius 3 is 2.62 bits per heavy atom. The van der Waals surface area contributed by atoms with Gasteiger partial charge in [0.25, 0.3) is 0 Å². The zero-order valence-corrected chi connectivity index (χ0v) is 8.12. The Hall–Kier alpha value is -0.580. The van der Waals surface area contributed by atoms with Crippen LogP contribution in [0.2, 0.25) is 0 Å². The van der Waals surface area contributed by atoms with E-state index in [9.17, 15) is 0 Å². The van der Waals surface area contributed by atoms with Crippen LogP contribution in [0.5, 0.6) is 0 Å². The molecule has 1 aliphatic rings. The topological polar surface area (TPSA) is 36.9 Å². The van der Waals surface area contributed by atoms with Crippen molar-refractivity contribution >= 4 is 0 Å². The minimum absolute atomic E-state index is 0.484. The molecule has 0 aliphatic carbocycles. The van der Waals surface area contributed by atoms with E-state index in [1.54, 1.807) is 6.08 Å². The molecule has 0 aromatic rings. The molecule has 4 nitrogen and oxygen atoms in total. The molecule has 0 aromatic heterocycles. The molecule has 0 amide bonds. The van der Waals surface area contributed by atoms with Gasteiger partial charge in [-0.3, -0.25) is 14.2 Å². The van der Waals surface area contributed by atoms with Crippen molar-refractivity contribution in [3.8, 4) is 0 Å². The highest BCUT2D eigenvalue weighted by Crippen LogP contribution is 2.22. The van der Waals surface area contributed by atoms with E-state index in [0.717, 1.165) is 6.42 Å². The SMILES string of the molecule is CC=COC1(OCC)OCCCO1. The summed E-state index contributed by atoms with van der Waals surface area (Å²) in [6.45, 7) is 5.39. The van der Waals surface area contributed by atoms with Crippen LogP contribution in [0.1, 0.15) is 20.3 Å². The number of allylic oxidation sites excluding steroid dienone is 1. The van der Waals surface area contributed by atoms with Crippen LogP contribution in [0, 0.1) is 0 Å². The summed E-state index contributed by atoms with van der Waals surface area (Å²) in [5.41, 5.74) is 0. The first kappa shape index (κ1) is 10.5. The van der Waals surface area contributed by atoms with E-state index in [1.165, 1.54) is 6.26 Å². The molecule has 0 saturated carbocycles. The van der Waals surface area contributed by atoms with E-state index < -0.39 is 6.16 Å². The number of hydrogen-bond donors (Lipinski definition) is 0. The highest BCUT2D eigenvalue weighted by atomic mass is 17.0. The van der Waals surface area contributed by atoms with Crippen LogP contribution in [-0.4, -0.2) is 26.0 Å². The van der Waals surface area contributed by atoms with E-state index in [4.69, 9.17) is 18.9 Å². The van der Waals surface area contributed by atoms with E-state index in [1.807, 2.05) is 13.8 Å². The largest absolute Gasteiger partial charge is 0.460 e. The van der Waals surface area contributed by atoms with Gasteiger partial charge in [-0.05, 0) is 20.3 Å². The highest BCUT2D eigenvalue weighted by Gasteiger charge is 2.38. The summed E-state index contributed by atoms with van der Waals surface area (Å²) in [4.78, 5) is 0. The van der Waals surface area contributed by atoms with Crippen LogP contribution in [-0.2, 0) is 18.9 Å². The summed E-state index contributed by atoms with van der Waals surface area (Å²) >= 11 is 0. The Morgan fingerprint density at radius 1 is 1.38 bits per heavy atom. The van der Waals surface area contributed by atoms with Crippen molar-refractivity contribution in [2.45, 2.75) is 26.4 Å². The number of rotatable bonds is 4. The minimum atomic E-state index is -1.31. The normalized spacial score (nSPS) is 22.0. The first-order valence-corrected chi connectivity index (χ1v) is 4.54. The zero-order valence-electron chi connectivity index (χ0n) is 8.12. The van der Waals surface area contributed by atoms with Crippen molar-refractivity contribution in [2.24, 2.45) is 0 Å². The monoisotopic (exact) mass is 188 g/mol. The van der Waals surface area contributed by atoms with Crippen molar-refractivity contribution in [3.05, 3.63) is 12.3 Å². The third kappa shape index (κ3) is 2.99. The maximum absolute atomic E-state index is 5.29. The third-order valence-electron chi connectivity index (χ3n) is 1.52. The molecule has 1 saturated heterocycles. The van der Waals surface area contributed by atoms with Gasteiger partial charge in [0.15, 0.2) is 0 Å². The van der Waals surface area contributed by atoms with Crippen LogP contribution in [0.25, 0.3) is 0 Å². The molecular weight excluding hydrogens is 172 g/mol. The molecule has 0 atom stereocenters. The molecule has 1 aliphatic heterocycles. The van der Waals surface area contributed by atoms with Crippen molar-refractivity contribution in [1.82, 2.24) is 0 Å². The van der Waals surface area contributed by atoms with E-state index in [2.05, 4.69) is 0 Å². The van der Waals surface area contributed by atoms with Gasteiger partial charge in [0.1, 0.15) is 0 Å². The van der Waals surface area contributed by atoms with Gasteiger partial charge in [0, 0.05) is 0 Å². The predicted octanol–water partition coefficient (Wildman–Crippen LogP) is 1.62. The Morgan fingerprint density at radius 2 is 2.08 bits per heavy atom. The maximum Gasteiger partial charge on any atom is 0.460 e. The molecule has 0 aromatic carbocycles. The Bertz CT molecular complexity index is 155. The Kier molecular flexibility index (Phi) is 4.21. The van der Waals surface area contributed by atoms with Crippen molar-refractivity contribution in [1.29, 1.82) is 0 Å². The van der Waals surface area contributed by atoms with Gasteiger partial charge in [0.05, 0.1) is 26.1 Å². The van der Waals surface area contributed by atoms with E-state index >= 15 is 0 Å². The van der Waals surface area contributed by atoms with Gasteiger partial charge in [0.2, 0.25) is 0 Å². The van der Waals surface area contributed by atoms with Crippen LogP contribution in [0.3, 0.4) is 0 Å². The fraction of sp³-hybridized carbons (Fsp3) is 0.778. The third-order valence-corrected chi connectivity index (χ3v) is 1.52. The minimum Gasteiger partial charge on any atom is -0.425 e. The smallest absolute Gasteiger partial charge is 0.425 e. The standard InChI is InChI=1S/C9H16O4/c1-3-6-11-9(10-4-2)12-7-5-8-13-9/h3,6H,4-5,7-8H2,1-2H3. The lowest BCUT2D eigenvalue weighted by molar-refractivity contribution is -0.497. The molecular formula is C9H16O4. The second kappa shape index (κ2) is 5.21. The molecule has 0 spiro atoms. The molecule has 0 bridgehead atoms. The van der Waals surface area contributed by atoms with Gasteiger partial charge in [-0.25, -0.2) is 0 Å². The van der Waals surface area contributed by atoms with Gasteiger partial charge >= 0.3 is 6.16 Å². The number of hydrogen-bond acceptors (Lipinski definition) is 4. The molecule has 0 unspecified atom stereocenters. The van der Waals surface area contributed by atoms with Crippen LogP contribution in [0.4, 0.5) is 0 Å². The van der Waals surface area contributed by atoms with Crippen LogP contribution < -0.4 is 0 Å². The van der Waals surface area contributed by atoms with Gasteiger partial charge in [-0.15, -0.1) is 0 Å². The maximum atomic E-state index is 5.29. The van der Waals surface area contributed by atoms with E-state index in [0.29, 0.717) is 19.8 Å². The van der Waals surface area contributed by atoms with Crippen LogP contribution in [0.15, 0.2) is 12.3 Å². The fourth-order valence-electron chi connectivity index (χ4n) is 1.01. The molecule has 76 valence electrons. The van der Waals surface area contributed by atoms with Crippen molar-refractivity contribution in [2.75, 3.05) is 19.8 Å². The average Bonchev–Trinajstić information content (AvgIpc) is 2.17. The lowest BCUT2D eigenvalue weighted by Gasteiger charge is -2.33. The molecule has 4 heteroatoms. The summed E-state index contributed by atoms with van der Waals surface area (Å²) in [6.07, 6.45) is 2.82. The fourth-order valence-corrected chi connectivity index (χ4v) is 1.01. The Labute approximate surface area is 78.4 Å². The van der Waals surface area contributed by atoms with Gasteiger partial charge in [-0.1, -0.05) is 6.08 Å². The molecule has 0 radical (unpaired) electrons. The predicted molar refractivity (Wildman–Crippen MR) is 46.8 cm³/mol. The molecule has 1 heterocycles.